The van der Waals surface area contributed by atoms with Gasteiger partial charge in [0.15, 0.2) is 0 Å². The minimum atomic E-state index is -0.0321. The third-order valence-corrected chi connectivity index (χ3v) is 3.93. The van der Waals surface area contributed by atoms with Crippen LogP contribution in [0.4, 0.5) is 5.82 Å². The standard InChI is InChI=1S/C11H14N4OS/c1-7-8-9(12-6-13-10(8)17-15-7)14-11(2)3-4-16-5-11/h6H,3-5H2,1-2H3,(H,12,13,14). The number of nitrogens with one attached hydrogen (secondary N) is 1. The van der Waals surface area contributed by atoms with Gasteiger partial charge >= 0.3 is 0 Å². The quantitative estimate of drug-likeness (QED) is 0.883. The first-order valence-electron chi connectivity index (χ1n) is 5.61. The van der Waals surface area contributed by atoms with Gasteiger partial charge in [-0.05, 0) is 31.8 Å². The molecule has 0 saturated carbocycles. The van der Waals surface area contributed by atoms with Crippen molar-refractivity contribution in [1.82, 2.24) is 14.3 Å². The summed E-state index contributed by atoms with van der Waals surface area (Å²) in [5.41, 5.74) is 0.950. The smallest absolute Gasteiger partial charge is 0.149 e. The molecule has 3 rings (SSSR count). The van der Waals surface area contributed by atoms with Crippen LogP contribution in [0.15, 0.2) is 6.33 Å². The van der Waals surface area contributed by atoms with Gasteiger partial charge in [-0.15, -0.1) is 0 Å². The molecule has 17 heavy (non-hydrogen) atoms. The van der Waals surface area contributed by atoms with Gasteiger partial charge in [-0.25, -0.2) is 9.97 Å². The maximum Gasteiger partial charge on any atom is 0.149 e. The van der Waals surface area contributed by atoms with Crippen LogP contribution >= 0.6 is 11.5 Å². The highest BCUT2D eigenvalue weighted by Crippen LogP contribution is 2.30. The van der Waals surface area contributed by atoms with Crippen molar-refractivity contribution in [2.24, 2.45) is 0 Å². The molecule has 2 aromatic heterocycles. The highest BCUT2D eigenvalue weighted by Gasteiger charge is 2.30. The van der Waals surface area contributed by atoms with Crippen molar-refractivity contribution in [3.63, 3.8) is 0 Å². The zero-order valence-corrected chi connectivity index (χ0v) is 10.7. The van der Waals surface area contributed by atoms with Gasteiger partial charge in [-0.3, -0.25) is 0 Å². The first-order valence-corrected chi connectivity index (χ1v) is 6.38. The fraction of sp³-hybridized carbons (Fsp3) is 0.545. The molecule has 1 aliphatic rings. The van der Waals surface area contributed by atoms with Gasteiger partial charge in [0.25, 0.3) is 0 Å². The molecular weight excluding hydrogens is 236 g/mol. The molecule has 3 heterocycles. The van der Waals surface area contributed by atoms with Gasteiger partial charge in [0, 0.05) is 6.61 Å². The van der Waals surface area contributed by atoms with Crippen LogP contribution in [-0.4, -0.2) is 33.1 Å². The van der Waals surface area contributed by atoms with Gasteiger partial charge in [-0.2, -0.15) is 4.37 Å². The van der Waals surface area contributed by atoms with E-state index in [1.165, 1.54) is 11.5 Å². The molecule has 0 aromatic carbocycles. The van der Waals surface area contributed by atoms with Crippen molar-refractivity contribution in [3.8, 4) is 0 Å². The molecule has 0 spiro atoms. The SMILES string of the molecule is Cc1nsc2ncnc(NC3(C)CCOC3)c12. The minimum Gasteiger partial charge on any atom is -0.379 e. The Balaban J connectivity index is 2.02. The number of fused-ring (bicyclic) bond motifs is 1. The molecule has 1 aliphatic heterocycles. The molecule has 0 radical (unpaired) electrons. The minimum absolute atomic E-state index is 0.0321. The number of hydrogen-bond donors (Lipinski definition) is 1. The topological polar surface area (TPSA) is 59.9 Å². The largest absolute Gasteiger partial charge is 0.379 e. The molecule has 1 unspecified atom stereocenters. The molecule has 6 heteroatoms. The lowest BCUT2D eigenvalue weighted by Crippen LogP contribution is -2.35. The molecule has 1 atom stereocenters. The number of rotatable bonds is 2. The van der Waals surface area contributed by atoms with E-state index in [-0.39, 0.29) is 5.54 Å². The second kappa shape index (κ2) is 3.89. The second-order valence-electron chi connectivity index (χ2n) is 4.66. The van der Waals surface area contributed by atoms with Gasteiger partial charge in [0.05, 0.1) is 23.2 Å². The van der Waals surface area contributed by atoms with Crippen molar-refractivity contribution < 1.29 is 4.74 Å². The molecule has 90 valence electrons. The number of anilines is 1. The molecule has 0 aliphatic carbocycles. The maximum atomic E-state index is 5.44. The zero-order valence-electron chi connectivity index (χ0n) is 9.86. The Bertz CT molecular complexity index is 547. The van der Waals surface area contributed by atoms with Crippen molar-refractivity contribution in [2.75, 3.05) is 18.5 Å². The van der Waals surface area contributed by atoms with Crippen LogP contribution in [0.2, 0.25) is 0 Å². The lowest BCUT2D eigenvalue weighted by Gasteiger charge is -2.24. The monoisotopic (exact) mass is 250 g/mol. The number of hydrogen-bond acceptors (Lipinski definition) is 6. The van der Waals surface area contributed by atoms with E-state index in [0.29, 0.717) is 0 Å². The van der Waals surface area contributed by atoms with E-state index < -0.39 is 0 Å². The van der Waals surface area contributed by atoms with Gasteiger partial charge in [0.2, 0.25) is 0 Å². The number of nitrogens with zero attached hydrogens (tertiary/aromatic N) is 3. The molecule has 2 aromatic rings. The van der Waals surface area contributed by atoms with E-state index in [0.717, 1.165) is 41.4 Å². The van der Waals surface area contributed by atoms with Crippen LogP contribution in [-0.2, 0) is 4.74 Å². The fourth-order valence-electron chi connectivity index (χ4n) is 2.07. The first kappa shape index (κ1) is 10.9. The number of aromatic nitrogens is 3. The lowest BCUT2D eigenvalue weighted by molar-refractivity contribution is 0.185. The molecule has 1 saturated heterocycles. The predicted octanol–water partition coefficient (Wildman–Crippen LogP) is 1.99. The highest BCUT2D eigenvalue weighted by molar-refractivity contribution is 7.13. The van der Waals surface area contributed by atoms with E-state index in [9.17, 15) is 0 Å². The predicted molar refractivity (Wildman–Crippen MR) is 67.4 cm³/mol. The Morgan fingerprint density at radius 2 is 2.35 bits per heavy atom. The molecule has 1 N–H and O–H groups in total. The molecular formula is C11H14N4OS. The van der Waals surface area contributed by atoms with Crippen molar-refractivity contribution in [2.45, 2.75) is 25.8 Å². The Hall–Kier alpha value is -1.27. The van der Waals surface area contributed by atoms with Crippen LogP contribution in [0.5, 0.6) is 0 Å². The summed E-state index contributed by atoms with van der Waals surface area (Å²) < 4.78 is 9.76. The van der Waals surface area contributed by atoms with Gasteiger partial charge in [-0.1, -0.05) is 0 Å². The van der Waals surface area contributed by atoms with Crippen molar-refractivity contribution >= 4 is 27.6 Å². The van der Waals surface area contributed by atoms with E-state index >= 15 is 0 Å². The average molecular weight is 250 g/mol. The Kier molecular flexibility index (Phi) is 2.48. The summed E-state index contributed by atoms with van der Waals surface area (Å²) in [6.07, 6.45) is 2.58. The van der Waals surface area contributed by atoms with Gasteiger partial charge in [0.1, 0.15) is 17.0 Å². The molecule has 1 fully saturated rings. The third kappa shape index (κ3) is 1.87. The van der Waals surface area contributed by atoms with Gasteiger partial charge < -0.3 is 10.1 Å². The number of ether oxygens (including phenoxy) is 1. The summed E-state index contributed by atoms with van der Waals surface area (Å²) in [4.78, 5) is 9.50. The summed E-state index contributed by atoms with van der Waals surface area (Å²) in [6.45, 7) is 5.66. The van der Waals surface area contributed by atoms with E-state index in [2.05, 4.69) is 26.6 Å². The van der Waals surface area contributed by atoms with Crippen molar-refractivity contribution in [1.29, 1.82) is 0 Å². The van der Waals surface area contributed by atoms with Crippen LogP contribution in [0, 0.1) is 6.92 Å². The van der Waals surface area contributed by atoms with Crippen LogP contribution in [0.3, 0.4) is 0 Å². The van der Waals surface area contributed by atoms with Crippen LogP contribution in [0.1, 0.15) is 19.0 Å². The van der Waals surface area contributed by atoms with E-state index in [1.807, 2.05) is 6.92 Å². The summed E-state index contributed by atoms with van der Waals surface area (Å²) in [7, 11) is 0. The number of aryl methyl sites for hydroxylation is 1. The van der Waals surface area contributed by atoms with E-state index in [4.69, 9.17) is 4.74 Å². The second-order valence-corrected chi connectivity index (χ2v) is 5.41. The Morgan fingerprint density at radius 1 is 1.47 bits per heavy atom. The Labute approximate surface area is 103 Å². The molecule has 0 bridgehead atoms. The first-order chi connectivity index (χ1) is 8.18. The van der Waals surface area contributed by atoms with Crippen LogP contribution in [0.25, 0.3) is 10.2 Å². The fourth-order valence-corrected chi connectivity index (χ4v) is 2.81. The highest BCUT2D eigenvalue weighted by atomic mass is 32.1. The third-order valence-electron chi connectivity index (χ3n) is 3.08. The van der Waals surface area contributed by atoms with E-state index in [1.54, 1.807) is 6.33 Å². The van der Waals surface area contributed by atoms with Crippen molar-refractivity contribution in [3.05, 3.63) is 12.0 Å². The summed E-state index contributed by atoms with van der Waals surface area (Å²) in [5, 5.41) is 4.51. The molecule has 0 amide bonds. The normalized spacial score (nSPS) is 24.4. The maximum absolute atomic E-state index is 5.44. The van der Waals surface area contributed by atoms with Crippen LogP contribution < -0.4 is 5.32 Å². The lowest BCUT2D eigenvalue weighted by atomic mass is 10.0. The summed E-state index contributed by atoms with van der Waals surface area (Å²) in [6, 6.07) is 0. The summed E-state index contributed by atoms with van der Waals surface area (Å²) in [5.74, 6) is 0.870. The summed E-state index contributed by atoms with van der Waals surface area (Å²) >= 11 is 1.41. The Morgan fingerprint density at radius 3 is 3.12 bits per heavy atom. The molecule has 5 nitrogen and oxygen atoms in total. The average Bonchev–Trinajstić information content (AvgIpc) is 2.87. The zero-order chi connectivity index (χ0) is 11.9.